The molecule has 0 bridgehead atoms. The van der Waals surface area contributed by atoms with Gasteiger partial charge in [0.1, 0.15) is 0 Å². The van der Waals surface area contributed by atoms with Crippen LogP contribution in [0.1, 0.15) is 45.4 Å². The zero-order valence-corrected chi connectivity index (χ0v) is 11.6. The summed E-state index contributed by atoms with van der Waals surface area (Å²) in [6.45, 7) is 4.04. The number of nitrogens with two attached hydrogens (primary N) is 1. The van der Waals surface area contributed by atoms with E-state index in [-0.39, 0.29) is 6.04 Å². The molecule has 2 unspecified atom stereocenters. The largest absolute Gasteiger partial charge is 0.391 e. The topological polar surface area (TPSA) is 29.3 Å². The summed E-state index contributed by atoms with van der Waals surface area (Å²) in [5.74, 6) is -0.563. The van der Waals surface area contributed by atoms with E-state index in [0.717, 1.165) is 25.9 Å². The summed E-state index contributed by atoms with van der Waals surface area (Å²) >= 11 is 0. The Kier molecular flexibility index (Phi) is 4.77. The summed E-state index contributed by atoms with van der Waals surface area (Å²) in [5.41, 5.74) is 5.96. The van der Waals surface area contributed by atoms with Gasteiger partial charge in [-0.2, -0.15) is 13.2 Å². The van der Waals surface area contributed by atoms with E-state index in [2.05, 4.69) is 4.90 Å². The molecule has 19 heavy (non-hydrogen) atoms. The molecule has 112 valence electrons. The van der Waals surface area contributed by atoms with E-state index in [1.54, 1.807) is 0 Å². The number of halogens is 3. The van der Waals surface area contributed by atoms with E-state index in [4.69, 9.17) is 5.73 Å². The van der Waals surface area contributed by atoms with Crippen LogP contribution in [0.15, 0.2) is 0 Å². The first kappa shape index (κ1) is 15.1. The van der Waals surface area contributed by atoms with E-state index in [1.807, 2.05) is 6.92 Å². The van der Waals surface area contributed by atoms with Gasteiger partial charge in [-0.15, -0.1) is 0 Å². The predicted molar refractivity (Wildman–Crippen MR) is 69.7 cm³/mol. The Hall–Kier alpha value is -0.290. The minimum absolute atomic E-state index is 0.189. The van der Waals surface area contributed by atoms with Gasteiger partial charge >= 0.3 is 6.18 Å². The number of alkyl halides is 3. The van der Waals surface area contributed by atoms with Crippen molar-refractivity contribution >= 4 is 0 Å². The molecule has 1 aliphatic heterocycles. The molecule has 5 heteroatoms. The molecule has 2 atom stereocenters. The molecule has 2 rings (SSSR count). The molecule has 0 amide bonds. The van der Waals surface area contributed by atoms with Gasteiger partial charge in [0.2, 0.25) is 0 Å². The van der Waals surface area contributed by atoms with E-state index in [9.17, 15) is 13.2 Å². The Bertz CT molecular complexity index is 283. The van der Waals surface area contributed by atoms with Crippen LogP contribution in [0.4, 0.5) is 13.2 Å². The minimum atomic E-state index is -4.00. The summed E-state index contributed by atoms with van der Waals surface area (Å²) in [6.07, 6.45) is 0.269. The van der Waals surface area contributed by atoms with Crippen molar-refractivity contribution in [2.75, 3.05) is 13.1 Å². The second-order valence-electron chi connectivity index (χ2n) is 6.30. The third-order valence-corrected chi connectivity index (χ3v) is 4.91. The van der Waals surface area contributed by atoms with Crippen LogP contribution in [0.5, 0.6) is 0 Å². The number of likely N-dealkylation sites (tertiary alicyclic amines) is 1. The van der Waals surface area contributed by atoms with E-state index in [0.29, 0.717) is 37.6 Å². The SMILES string of the molecule is CC(N)C1CCCN(C2CCC(C(F)(F)F)CC2)C1. The fourth-order valence-electron chi connectivity index (χ4n) is 3.57. The van der Waals surface area contributed by atoms with Crippen LogP contribution in [-0.2, 0) is 0 Å². The summed E-state index contributed by atoms with van der Waals surface area (Å²) < 4.78 is 37.9. The number of rotatable bonds is 2. The van der Waals surface area contributed by atoms with Gasteiger partial charge in [-0.05, 0) is 57.9 Å². The molecule has 0 aromatic heterocycles. The van der Waals surface area contributed by atoms with Crippen molar-refractivity contribution in [1.82, 2.24) is 4.90 Å². The van der Waals surface area contributed by atoms with Gasteiger partial charge in [0, 0.05) is 18.6 Å². The molecule has 0 spiro atoms. The summed E-state index contributed by atoms with van der Waals surface area (Å²) in [5, 5.41) is 0. The van der Waals surface area contributed by atoms with Gasteiger partial charge in [-0.1, -0.05) is 0 Å². The molecule has 1 heterocycles. The first-order valence-corrected chi connectivity index (χ1v) is 7.44. The molecular weight excluding hydrogens is 253 g/mol. The molecule has 2 fully saturated rings. The maximum atomic E-state index is 12.6. The van der Waals surface area contributed by atoms with Crippen molar-refractivity contribution in [2.45, 2.75) is 63.7 Å². The fourth-order valence-corrected chi connectivity index (χ4v) is 3.57. The minimum Gasteiger partial charge on any atom is -0.328 e. The zero-order valence-electron chi connectivity index (χ0n) is 11.6. The van der Waals surface area contributed by atoms with Crippen molar-refractivity contribution < 1.29 is 13.2 Å². The van der Waals surface area contributed by atoms with E-state index in [1.165, 1.54) is 0 Å². The quantitative estimate of drug-likeness (QED) is 0.840. The summed E-state index contributed by atoms with van der Waals surface area (Å²) in [4.78, 5) is 2.39. The monoisotopic (exact) mass is 278 g/mol. The standard InChI is InChI=1S/C14H25F3N2/c1-10(18)11-3-2-8-19(9-11)13-6-4-12(5-7-13)14(15,16)17/h10-13H,2-9,18H2,1H3. The third-order valence-electron chi connectivity index (χ3n) is 4.91. The van der Waals surface area contributed by atoms with Crippen LogP contribution in [0.3, 0.4) is 0 Å². The molecular formula is C14H25F3N2. The van der Waals surface area contributed by atoms with Crippen molar-refractivity contribution in [2.24, 2.45) is 17.6 Å². The normalized spacial score (nSPS) is 36.2. The van der Waals surface area contributed by atoms with Crippen molar-refractivity contribution in [1.29, 1.82) is 0 Å². The maximum absolute atomic E-state index is 12.6. The van der Waals surface area contributed by atoms with Gasteiger partial charge in [0.25, 0.3) is 0 Å². The molecule has 2 nitrogen and oxygen atoms in total. The van der Waals surface area contributed by atoms with Crippen LogP contribution in [-0.4, -0.2) is 36.2 Å². The smallest absolute Gasteiger partial charge is 0.328 e. The molecule has 2 aliphatic rings. The molecule has 0 aromatic carbocycles. The molecule has 1 saturated heterocycles. The lowest BCUT2D eigenvalue weighted by atomic mass is 9.83. The van der Waals surface area contributed by atoms with Gasteiger partial charge in [0.15, 0.2) is 0 Å². The van der Waals surface area contributed by atoms with Crippen molar-refractivity contribution in [3.63, 3.8) is 0 Å². The average molecular weight is 278 g/mol. The Morgan fingerprint density at radius 2 is 1.74 bits per heavy atom. The van der Waals surface area contributed by atoms with Crippen molar-refractivity contribution in [3.05, 3.63) is 0 Å². The lowest BCUT2D eigenvalue weighted by Crippen LogP contribution is -2.48. The van der Waals surface area contributed by atoms with Crippen molar-refractivity contribution in [3.8, 4) is 0 Å². The second-order valence-corrected chi connectivity index (χ2v) is 6.30. The fraction of sp³-hybridized carbons (Fsp3) is 1.00. The van der Waals surface area contributed by atoms with Crippen LogP contribution < -0.4 is 5.73 Å². The highest BCUT2D eigenvalue weighted by molar-refractivity contribution is 4.87. The van der Waals surface area contributed by atoms with Crippen LogP contribution in [0, 0.1) is 11.8 Å². The molecule has 1 saturated carbocycles. The first-order chi connectivity index (χ1) is 8.88. The lowest BCUT2D eigenvalue weighted by molar-refractivity contribution is -0.184. The summed E-state index contributed by atoms with van der Waals surface area (Å²) in [7, 11) is 0. The summed E-state index contributed by atoms with van der Waals surface area (Å²) in [6, 6.07) is 0.537. The Morgan fingerprint density at radius 1 is 1.11 bits per heavy atom. The number of piperidine rings is 1. The van der Waals surface area contributed by atoms with E-state index >= 15 is 0 Å². The highest BCUT2D eigenvalue weighted by Crippen LogP contribution is 2.39. The predicted octanol–water partition coefficient (Wildman–Crippen LogP) is 3.17. The first-order valence-electron chi connectivity index (χ1n) is 7.44. The molecule has 1 aliphatic carbocycles. The zero-order chi connectivity index (χ0) is 14.0. The van der Waals surface area contributed by atoms with E-state index < -0.39 is 12.1 Å². The highest BCUT2D eigenvalue weighted by Gasteiger charge is 2.42. The number of nitrogens with zero attached hydrogens (tertiary/aromatic N) is 1. The number of hydrogen-bond donors (Lipinski definition) is 1. The van der Waals surface area contributed by atoms with Gasteiger partial charge < -0.3 is 10.6 Å². The Morgan fingerprint density at radius 3 is 2.26 bits per heavy atom. The van der Waals surface area contributed by atoms with Crippen LogP contribution in [0.2, 0.25) is 0 Å². The Balaban J connectivity index is 1.84. The number of hydrogen-bond acceptors (Lipinski definition) is 2. The maximum Gasteiger partial charge on any atom is 0.391 e. The van der Waals surface area contributed by atoms with Crippen LogP contribution in [0.25, 0.3) is 0 Å². The van der Waals surface area contributed by atoms with Crippen LogP contribution >= 0.6 is 0 Å². The highest BCUT2D eigenvalue weighted by atomic mass is 19.4. The average Bonchev–Trinajstić information content (AvgIpc) is 2.38. The molecule has 0 aromatic rings. The van der Waals surface area contributed by atoms with Gasteiger partial charge in [-0.3, -0.25) is 0 Å². The molecule has 2 N–H and O–H groups in total. The third kappa shape index (κ3) is 3.85. The molecule has 0 radical (unpaired) electrons. The lowest BCUT2D eigenvalue weighted by Gasteiger charge is -2.42. The Labute approximate surface area is 113 Å². The second kappa shape index (κ2) is 6.00. The van der Waals surface area contributed by atoms with Gasteiger partial charge in [-0.25, -0.2) is 0 Å². The van der Waals surface area contributed by atoms with Gasteiger partial charge in [0.05, 0.1) is 5.92 Å².